The standard InChI is InChI=1S/C15H14NO.CH4O3S/c1-11-16(2)14-10-13(8-9-15(14)17-11)12-6-4-3-5-7-12;1-5(2,3)4/h3-10H,1-2H3;1H3,(H,2,3,4)/q+1;. The summed E-state index contributed by atoms with van der Waals surface area (Å²) in [4.78, 5) is 0. The fraction of sp³-hybridized carbons (Fsp3) is 0.188. The van der Waals surface area contributed by atoms with Gasteiger partial charge in [0.15, 0.2) is 0 Å². The van der Waals surface area contributed by atoms with Crippen molar-refractivity contribution < 1.29 is 22.0 Å². The normalized spacial score (nSPS) is 11.1. The van der Waals surface area contributed by atoms with Crippen LogP contribution in [0.2, 0.25) is 0 Å². The quantitative estimate of drug-likeness (QED) is 0.553. The first-order valence-corrected chi connectivity index (χ1v) is 8.47. The lowest BCUT2D eigenvalue weighted by Crippen LogP contribution is -2.28. The van der Waals surface area contributed by atoms with Crippen molar-refractivity contribution in [2.45, 2.75) is 6.92 Å². The highest BCUT2D eigenvalue weighted by Gasteiger charge is 2.15. The summed E-state index contributed by atoms with van der Waals surface area (Å²) in [6, 6.07) is 16.7. The van der Waals surface area contributed by atoms with Gasteiger partial charge in [-0.3, -0.25) is 4.55 Å². The largest absolute Gasteiger partial charge is 0.402 e. The van der Waals surface area contributed by atoms with Gasteiger partial charge in [-0.2, -0.15) is 13.0 Å². The first-order chi connectivity index (χ1) is 10.3. The highest BCUT2D eigenvalue weighted by atomic mass is 32.2. The molecule has 1 aromatic heterocycles. The van der Waals surface area contributed by atoms with E-state index in [-0.39, 0.29) is 0 Å². The van der Waals surface area contributed by atoms with Crippen molar-refractivity contribution >= 4 is 21.2 Å². The molecule has 22 heavy (non-hydrogen) atoms. The average Bonchev–Trinajstić information content (AvgIpc) is 2.73. The molecule has 0 aliphatic carbocycles. The van der Waals surface area contributed by atoms with E-state index in [1.54, 1.807) is 0 Å². The summed E-state index contributed by atoms with van der Waals surface area (Å²) >= 11 is 0. The molecule has 0 radical (unpaired) electrons. The van der Waals surface area contributed by atoms with Crippen LogP contribution in [0.4, 0.5) is 0 Å². The Kier molecular flexibility index (Phi) is 4.63. The van der Waals surface area contributed by atoms with Crippen LogP contribution in [0.25, 0.3) is 22.2 Å². The molecule has 0 aliphatic heterocycles. The molecule has 3 rings (SSSR count). The van der Waals surface area contributed by atoms with Gasteiger partial charge < -0.3 is 4.42 Å². The molecule has 3 aromatic rings. The fourth-order valence-corrected chi connectivity index (χ4v) is 2.07. The van der Waals surface area contributed by atoms with E-state index in [1.165, 1.54) is 11.1 Å². The molecule has 0 atom stereocenters. The lowest BCUT2D eigenvalue weighted by atomic mass is 10.1. The predicted octanol–water partition coefficient (Wildman–Crippen LogP) is 2.74. The van der Waals surface area contributed by atoms with E-state index in [2.05, 4.69) is 41.0 Å². The van der Waals surface area contributed by atoms with Gasteiger partial charge in [0.25, 0.3) is 15.6 Å². The van der Waals surface area contributed by atoms with E-state index in [9.17, 15) is 8.42 Å². The number of benzene rings is 2. The Labute approximate surface area is 129 Å². The molecule has 0 unspecified atom stereocenters. The fourth-order valence-electron chi connectivity index (χ4n) is 2.07. The van der Waals surface area contributed by atoms with Crippen LogP contribution >= 0.6 is 0 Å². The maximum Gasteiger partial charge on any atom is 0.344 e. The molecule has 2 aromatic carbocycles. The van der Waals surface area contributed by atoms with E-state index in [1.807, 2.05) is 26.1 Å². The van der Waals surface area contributed by atoms with Gasteiger partial charge in [0.2, 0.25) is 5.58 Å². The Bertz CT molecular complexity index is 875. The van der Waals surface area contributed by atoms with Crippen molar-refractivity contribution in [2.75, 3.05) is 6.26 Å². The molecule has 0 aliphatic rings. The van der Waals surface area contributed by atoms with Crippen LogP contribution in [0.5, 0.6) is 0 Å². The van der Waals surface area contributed by atoms with Crippen molar-refractivity contribution in [3.8, 4) is 11.1 Å². The summed E-state index contributed by atoms with van der Waals surface area (Å²) < 4.78 is 33.6. The van der Waals surface area contributed by atoms with Crippen molar-refractivity contribution in [1.82, 2.24) is 0 Å². The smallest absolute Gasteiger partial charge is 0.344 e. The number of hydrogen-bond donors (Lipinski definition) is 1. The Morgan fingerprint density at radius 2 is 1.64 bits per heavy atom. The van der Waals surface area contributed by atoms with E-state index < -0.39 is 10.1 Å². The van der Waals surface area contributed by atoms with Gasteiger partial charge in [0.1, 0.15) is 7.05 Å². The second-order valence-corrected chi connectivity index (χ2v) is 6.43. The highest BCUT2D eigenvalue weighted by molar-refractivity contribution is 7.85. The molecule has 1 N–H and O–H groups in total. The third-order valence-electron chi connectivity index (χ3n) is 3.16. The summed E-state index contributed by atoms with van der Waals surface area (Å²) in [6.07, 6.45) is 0.715. The zero-order valence-corrected chi connectivity index (χ0v) is 13.5. The summed E-state index contributed by atoms with van der Waals surface area (Å²) in [5.74, 6) is 0.921. The van der Waals surface area contributed by atoms with Crippen LogP contribution in [-0.4, -0.2) is 19.2 Å². The van der Waals surface area contributed by atoms with E-state index >= 15 is 0 Å². The monoisotopic (exact) mass is 320 g/mol. The Balaban J connectivity index is 0.000000309. The van der Waals surface area contributed by atoms with Crippen LogP contribution in [0.1, 0.15) is 5.89 Å². The molecule has 1 heterocycles. The molecular formula is C16H18NO4S+. The second kappa shape index (κ2) is 6.29. The van der Waals surface area contributed by atoms with Crippen molar-refractivity contribution in [3.05, 3.63) is 54.4 Å². The van der Waals surface area contributed by atoms with Gasteiger partial charge >= 0.3 is 5.89 Å². The van der Waals surface area contributed by atoms with Gasteiger partial charge in [-0.25, -0.2) is 0 Å². The number of fused-ring (bicyclic) bond motifs is 1. The molecule has 116 valence electrons. The molecule has 6 heteroatoms. The third kappa shape index (κ3) is 4.16. The summed E-state index contributed by atoms with van der Waals surface area (Å²) in [5.41, 5.74) is 4.51. The number of nitrogens with zero attached hydrogens (tertiary/aromatic N) is 1. The SMILES string of the molecule is CS(=O)(=O)O.Cc1oc2ccc(-c3ccccc3)cc2[n+]1C. The molecule has 0 bridgehead atoms. The van der Waals surface area contributed by atoms with Gasteiger partial charge in [-0.05, 0) is 17.2 Å². The molecule has 0 fully saturated rings. The lowest BCUT2D eigenvalue weighted by Gasteiger charge is -1.98. The van der Waals surface area contributed by atoms with Crippen molar-refractivity contribution in [2.24, 2.45) is 7.05 Å². The molecule has 0 spiro atoms. The van der Waals surface area contributed by atoms with Crippen LogP contribution in [0.15, 0.2) is 52.9 Å². The van der Waals surface area contributed by atoms with E-state index in [0.29, 0.717) is 6.26 Å². The Morgan fingerprint density at radius 1 is 1.05 bits per heavy atom. The van der Waals surface area contributed by atoms with Crippen LogP contribution < -0.4 is 4.57 Å². The van der Waals surface area contributed by atoms with Crippen LogP contribution in [0.3, 0.4) is 0 Å². The van der Waals surface area contributed by atoms with Crippen LogP contribution in [-0.2, 0) is 17.2 Å². The molecular weight excluding hydrogens is 302 g/mol. The second-order valence-electron chi connectivity index (χ2n) is 4.96. The molecule has 0 amide bonds. The van der Waals surface area contributed by atoms with Crippen LogP contribution in [0, 0.1) is 6.92 Å². The van der Waals surface area contributed by atoms with Crippen molar-refractivity contribution in [1.29, 1.82) is 0 Å². The van der Waals surface area contributed by atoms with Gasteiger partial charge in [0, 0.05) is 6.07 Å². The predicted molar refractivity (Wildman–Crippen MR) is 85.0 cm³/mol. The first kappa shape index (κ1) is 16.2. The van der Waals surface area contributed by atoms with Crippen molar-refractivity contribution in [3.63, 3.8) is 0 Å². The summed E-state index contributed by atoms with van der Waals surface area (Å²) in [5, 5.41) is 0. The van der Waals surface area contributed by atoms with Gasteiger partial charge in [-0.1, -0.05) is 36.4 Å². The number of aryl methyl sites for hydroxylation is 2. The number of oxazole rings is 1. The minimum atomic E-state index is -3.67. The molecule has 0 saturated heterocycles. The van der Waals surface area contributed by atoms with E-state index in [4.69, 9.17) is 8.97 Å². The molecule has 5 nitrogen and oxygen atoms in total. The maximum atomic E-state index is 9.19. The van der Waals surface area contributed by atoms with Gasteiger partial charge in [-0.15, -0.1) is 0 Å². The van der Waals surface area contributed by atoms with Gasteiger partial charge in [0.05, 0.1) is 13.2 Å². The molecule has 0 saturated carbocycles. The Hall–Kier alpha value is -2.18. The minimum absolute atomic E-state index is 0.715. The number of aromatic nitrogens is 1. The van der Waals surface area contributed by atoms with E-state index in [0.717, 1.165) is 17.0 Å². The number of hydrogen-bond acceptors (Lipinski definition) is 3. The summed E-state index contributed by atoms with van der Waals surface area (Å²) in [7, 11) is -1.64. The first-order valence-electron chi connectivity index (χ1n) is 6.63. The third-order valence-corrected chi connectivity index (χ3v) is 3.16. The highest BCUT2D eigenvalue weighted by Crippen LogP contribution is 2.23. The summed E-state index contributed by atoms with van der Waals surface area (Å²) in [6.45, 7) is 1.97. The number of rotatable bonds is 1. The maximum absolute atomic E-state index is 9.19. The lowest BCUT2D eigenvalue weighted by molar-refractivity contribution is -0.657. The zero-order chi connectivity index (χ0) is 16.3. The topological polar surface area (TPSA) is 71.4 Å². The Morgan fingerprint density at radius 3 is 2.23 bits per heavy atom. The zero-order valence-electron chi connectivity index (χ0n) is 12.6. The average molecular weight is 320 g/mol. The minimum Gasteiger partial charge on any atom is -0.402 e.